The lowest BCUT2D eigenvalue weighted by Crippen LogP contribution is -2.16. The number of carbonyl (C=O) groups excluding carboxylic acids is 1. The Bertz CT molecular complexity index is 2030. The van der Waals surface area contributed by atoms with Gasteiger partial charge in [0.2, 0.25) is 0 Å². The van der Waals surface area contributed by atoms with E-state index in [9.17, 15) is 4.79 Å². The van der Waals surface area contributed by atoms with E-state index >= 15 is 0 Å². The van der Waals surface area contributed by atoms with Crippen LogP contribution in [0.1, 0.15) is 38.9 Å². The van der Waals surface area contributed by atoms with Gasteiger partial charge >= 0.3 is 5.97 Å². The zero-order chi connectivity index (χ0) is 29.8. The zero-order valence-corrected chi connectivity index (χ0v) is 24.4. The number of furan rings is 1. The second kappa shape index (κ2) is 10.3. The molecule has 0 saturated carbocycles. The Morgan fingerprint density at radius 3 is 2.64 bits per heavy atom. The number of anilines is 3. The lowest BCUT2D eigenvalue weighted by molar-refractivity contribution is 0.0601. The van der Waals surface area contributed by atoms with Gasteiger partial charge in [-0.25, -0.2) is 9.78 Å². The molecule has 1 atom stereocenters. The summed E-state index contributed by atoms with van der Waals surface area (Å²) in [6.45, 7) is 1.35. The molecule has 8 heteroatoms. The van der Waals surface area contributed by atoms with Crippen molar-refractivity contribution in [2.24, 2.45) is 0 Å². The van der Waals surface area contributed by atoms with Gasteiger partial charge in [0.25, 0.3) is 0 Å². The minimum Gasteiger partial charge on any atom is -0.497 e. The fourth-order valence-corrected chi connectivity index (χ4v) is 6.67. The first kappa shape index (κ1) is 26.2. The summed E-state index contributed by atoms with van der Waals surface area (Å²) in [5.41, 5.74) is 10.2. The summed E-state index contributed by atoms with van der Waals surface area (Å²) in [4.78, 5) is 20.0. The van der Waals surface area contributed by atoms with E-state index in [-0.39, 0.29) is 6.04 Å². The van der Waals surface area contributed by atoms with Crippen LogP contribution in [0.4, 0.5) is 17.1 Å². The van der Waals surface area contributed by atoms with Gasteiger partial charge in [-0.15, -0.1) is 0 Å². The van der Waals surface area contributed by atoms with Gasteiger partial charge in [-0.05, 0) is 72.1 Å². The summed E-state index contributed by atoms with van der Waals surface area (Å²) in [5, 5.41) is 3.90. The number of imidazole rings is 1. The van der Waals surface area contributed by atoms with E-state index in [2.05, 4.69) is 63.3 Å². The van der Waals surface area contributed by atoms with Gasteiger partial charge in [0, 0.05) is 17.7 Å². The zero-order valence-electron chi connectivity index (χ0n) is 24.4. The van der Waals surface area contributed by atoms with Crippen molar-refractivity contribution in [1.82, 2.24) is 9.55 Å². The van der Waals surface area contributed by atoms with E-state index < -0.39 is 5.97 Å². The normalized spacial score (nSPS) is 15.0. The summed E-state index contributed by atoms with van der Waals surface area (Å²) < 4.78 is 18.4. The molecule has 2 aliphatic rings. The lowest BCUT2D eigenvalue weighted by atomic mass is 9.95. The van der Waals surface area contributed by atoms with E-state index in [0.717, 1.165) is 58.3 Å². The molecule has 0 radical (unpaired) electrons. The monoisotopic (exact) mass is 582 g/mol. The van der Waals surface area contributed by atoms with Crippen LogP contribution in [0.15, 0.2) is 102 Å². The molecule has 218 valence electrons. The number of carbonyl (C=O) groups is 1. The molecule has 0 aliphatic carbocycles. The average Bonchev–Trinajstić information content (AvgIpc) is 3.80. The highest BCUT2D eigenvalue weighted by molar-refractivity contribution is 5.97. The predicted molar refractivity (Wildman–Crippen MR) is 170 cm³/mol. The van der Waals surface area contributed by atoms with Crippen LogP contribution in [0.3, 0.4) is 0 Å². The summed E-state index contributed by atoms with van der Waals surface area (Å²) >= 11 is 0. The molecule has 6 aromatic rings. The molecule has 8 rings (SSSR count). The first-order chi connectivity index (χ1) is 21.6. The molecule has 0 fully saturated rings. The molecule has 0 saturated heterocycles. The van der Waals surface area contributed by atoms with Gasteiger partial charge in [0.05, 0.1) is 66.7 Å². The summed E-state index contributed by atoms with van der Waals surface area (Å²) in [7, 11) is 3.08. The Balaban J connectivity index is 1.34. The van der Waals surface area contributed by atoms with Gasteiger partial charge in [0.15, 0.2) is 0 Å². The number of hydrogen-bond acceptors (Lipinski definition) is 7. The van der Waals surface area contributed by atoms with Crippen LogP contribution in [-0.2, 0) is 17.7 Å². The van der Waals surface area contributed by atoms with E-state index in [4.69, 9.17) is 18.9 Å². The number of aromatic nitrogens is 2. The van der Waals surface area contributed by atoms with Crippen LogP contribution in [0.2, 0.25) is 0 Å². The maximum absolute atomic E-state index is 12.4. The van der Waals surface area contributed by atoms with Crippen LogP contribution in [0.5, 0.6) is 5.75 Å². The maximum atomic E-state index is 12.4. The van der Waals surface area contributed by atoms with Gasteiger partial charge < -0.3 is 28.7 Å². The smallest absolute Gasteiger partial charge is 0.337 e. The molecule has 4 aromatic carbocycles. The molecular weight excluding hydrogens is 552 g/mol. The first-order valence-electron chi connectivity index (χ1n) is 14.7. The van der Waals surface area contributed by atoms with Crippen molar-refractivity contribution in [3.63, 3.8) is 0 Å². The number of methoxy groups -OCH3 is 2. The second-order valence-corrected chi connectivity index (χ2v) is 11.1. The third-order valence-corrected chi connectivity index (χ3v) is 8.70. The van der Waals surface area contributed by atoms with Crippen molar-refractivity contribution in [2.75, 3.05) is 31.0 Å². The first-order valence-corrected chi connectivity index (χ1v) is 14.7. The fourth-order valence-electron chi connectivity index (χ4n) is 6.67. The van der Waals surface area contributed by atoms with Crippen molar-refractivity contribution in [3.05, 3.63) is 125 Å². The molecule has 1 N–H and O–H groups in total. The topological polar surface area (TPSA) is 81.8 Å². The van der Waals surface area contributed by atoms with E-state index in [1.54, 1.807) is 25.5 Å². The third kappa shape index (κ3) is 4.13. The highest BCUT2D eigenvalue weighted by Gasteiger charge is 2.35. The predicted octanol–water partition coefficient (Wildman–Crippen LogP) is 7.35. The second-order valence-electron chi connectivity index (χ2n) is 11.1. The third-order valence-electron chi connectivity index (χ3n) is 8.70. The Morgan fingerprint density at radius 2 is 1.84 bits per heavy atom. The quantitative estimate of drug-likeness (QED) is 0.206. The minimum absolute atomic E-state index is 0.0579. The van der Waals surface area contributed by atoms with Crippen LogP contribution < -0.4 is 15.0 Å². The molecule has 2 aliphatic heterocycles. The van der Waals surface area contributed by atoms with Crippen LogP contribution in [0, 0.1) is 0 Å². The number of rotatable bonds is 6. The van der Waals surface area contributed by atoms with Crippen LogP contribution >= 0.6 is 0 Å². The summed E-state index contributed by atoms with van der Waals surface area (Å²) in [6.07, 6.45) is 2.64. The molecule has 44 heavy (non-hydrogen) atoms. The number of fused-ring (bicyclic) bond motifs is 3. The lowest BCUT2D eigenvalue weighted by Gasteiger charge is -2.24. The highest BCUT2D eigenvalue weighted by atomic mass is 16.5. The van der Waals surface area contributed by atoms with Crippen molar-refractivity contribution >= 4 is 34.1 Å². The molecular formula is C36H30N4O4. The number of nitrogens with one attached hydrogen (secondary N) is 1. The summed E-state index contributed by atoms with van der Waals surface area (Å²) in [6, 6.07) is 30.6. The van der Waals surface area contributed by atoms with Crippen molar-refractivity contribution < 1.29 is 18.7 Å². The van der Waals surface area contributed by atoms with Crippen LogP contribution in [-0.4, -0.2) is 36.3 Å². The summed E-state index contributed by atoms with van der Waals surface area (Å²) in [5.74, 6) is 2.05. The molecule has 2 aromatic heterocycles. The molecule has 0 spiro atoms. The van der Waals surface area contributed by atoms with Crippen molar-refractivity contribution in [3.8, 4) is 17.1 Å². The van der Waals surface area contributed by atoms with E-state index in [1.165, 1.54) is 23.9 Å². The maximum Gasteiger partial charge on any atom is 0.337 e. The van der Waals surface area contributed by atoms with E-state index in [0.29, 0.717) is 17.6 Å². The number of para-hydroxylation sites is 2. The minimum atomic E-state index is -0.391. The Labute approximate surface area is 254 Å². The standard InChI is InChI=1S/C36H30N4O4/c1-42-25-14-11-22(12-15-25)32-27-8-3-6-23-17-18-39(33(23)27)34-28(9-4-10-29(34)37-32)35-38-30-20-24(36(41)43-2)13-16-31(30)40(35)21-26-7-5-19-44-26/h3-16,19-20,32,37H,17-18,21H2,1-2H3. The molecule has 4 heterocycles. The van der Waals surface area contributed by atoms with Gasteiger partial charge in [0.1, 0.15) is 17.3 Å². The van der Waals surface area contributed by atoms with Crippen molar-refractivity contribution in [1.29, 1.82) is 0 Å². The van der Waals surface area contributed by atoms with Gasteiger partial charge in [-0.1, -0.05) is 36.4 Å². The largest absolute Gasteiger partial charge is 0.497 e. The van der Waals surface area contributed by atoms with Crippen molar-refractivity contribution in [2.45, 2.75) is 19.0 Å². The van der Waals surface area contributed by atoms with Crippen LogP contribution in [0.25, 0.3) is 22.4 Å². The Hall–Kier alpha value is -5.50. The average molecular weight is 583 g/mol. The molecule has 1 unspecified atom stereocenters. The Kier molecular flexibility index (Phi) is 6.15. The van der Waals surface area contributed by atoms with E-state index in [1.807, 2.05) is 30.3 Å². The number of benzene rings is 4. The van der Waals surface area contributed by atoms with Gasteiger partial charge in [-0.2, -0.15) is 0 Å². The SMILES string of the molecule is COC(=O)c1ccc2c(c1)nc(-c1cccc3c1N1CCc4cccc(c41)C(c1ccc(OC)cc1)N3)n2Cc1ccco1. The number of hydrogen-bond donors (Lipinski definition) is 1. The van der Waals surface area contributed by atoms with Gasteiger partial charge in [-0.3, -0.25) is 0 Å². The number of ether oxygens (including phenoxy) is 2. The number of nitrogens with zero attached hydrogens (tertiary/aromatic N) is 3. The molecule has 8 nitrogen and oxygen atoms in total. The number of esters is 1. The molecule has 0 bridgehead atoms. The fraction of sp³-hybridized carbons (Fsp3) is 0.167. The highest BCUT2D eigenvalue weighted by Crippen LogP contribution is 2.51. The Morgan fingerprint density at radius 1 is 0.977 bits per heavy atom. The molecule has 0 amide bonds.